The molecule has 0 saturated heterocycles. The zero-order valence-electron chi connectivity index (χ0n) is 8.59. The monoisotopic (exact) mass is 254 g/mol. The lowest BCUT2D eigenvalue weighted by Gasteiger charge is -2.05. The van der Waals surface area contributed by atoms with Crippen molar-refractivity contribution in [3.8, 4) is 0 Å². The molecule has 0 bridgehead atoms. The van der Waals surface area contributed by atoms with Crippen LogP contribution >= 0.6 is 15.9 Å². The quantitative estimate of drug-likeness (QED) is 0.754. The molecule has 1 rings (SSSR count). The van der Waals surface area contributed by atoms with Crippen molar-refractivity contribution in [1.82, 2.24) is 0 Å². The van der Waals surface area contributed by atoms with Gasteiger partial charge in [0.15, 0.2) is 0 Å². The number of carbonyl (C=O) groups is 1. The van der Waals surface area contributed by atoms with E-state index in [-0.39, 0.29) is 4.69 Å². The van der Waals surface area contributed by atoms with E-state index in [1.807, 2.05) is 12.1 Å². The topological polar surface area (TPSA) is 17.1 Å². The molecule has 0 aliphatic heterocycles. The predicted molar refractivity (Wildman–Crippen MR) is 62.6 cm³/mol. The Morgan fingerprint density at radius 2 is 1.71 bits per heavy atom. The highest BCUT2D eigenvalue weighted by atomic mass is 79.9. The Morgan fingerprint density at radius 1 is 1.21 bits per heavy atom. The molecular formula is C12H15BrO. The molecule has 0 saturated carbocycles. The van der Waals surface area contributed by atoms with Gasteiger partial charge >= 0.3 is 0 Å². The maximum atomic E-state index is 10.8. The number of hydrogen-bond donors (Lipinski definition) is 0. The third kappa shape index (κ3) is 4.05. The SMILES string of the molecule is CC(C)Cc1ccc(CC(=O)Br)cc1. The predicted octanol–water partition coefficient (Wildman–Crippen LogP) is 3.35. The summed E-state index contributed by atoms with van der Waals surface area (Å²) in [6.45, 7) is 4.41. The van der Waals surface area contributed by atoms with Crippen LogP contribution in [-0.2, 0) is 17.6 Å². The van der Waals surface area contributed by atoms with Crippen LogP contribution in [0.1, 0.15) is 25.0 Å². The van der Waals surface area contributed by atoms with Crippen LogP contribution in [0.15, 0.2) is 24.3 Å². The lowest BCUT2D eigenvalue weighted by molar-refractivity contribution is -0.109. The fourth-order valence-corrected chi connectivity index (χ4v) is 1.75. The zero-order chi connectivity index (χ0) is 10.6. The van der Waals surface area contributed by atoms with E-state index < -0.39 is 0 Å². The molecule has 0 heterocycles. The first-order chi connectivity index (χ1) is 6.58. The Kier molecular flexibility index (Phi) is 4.33. The van der Waals surface area contributed by atoms with Crippen LogP contribution in [0.2, 0.25) is 0 Å². The lowest BCUT2D eigenvalue weighted by atomic mass is 10.0. The number of halogens is 1. The van der Waals surface area contributed by atoms with Gasteiger partial charge in [-0.1, -0.05) is 38.1 Å². The molecule has 0 aliphatic rings. The standard InChI is InChI=1S/C12H15BrO/c1-9(2)7-10-3-5-11(6-4-10)8-12(13)14/h3-6,9H,7-8H2,1-2H3. The van der Waals surface area contributed by atoms with Crippen molar-refractivity contribution in [3.05, 3.63) is 35.4 Å². The van der Waals surface area contributed by atoms with Crippen molar-refractivity contribution in [2.45, 2.75) is 26.7 Å². The maximum Gasteiger partial charge on any atom is 0.202 e. The molecule has 0 N–H and O–H groups in total. The van der Waals surface area contributed by atoms with Crippen molar-refractivity contribution in [2.75, 3.05) is 0 Å². The Balaban J connectivity index is 2.63. The summed E-state index contributed by atoms with van der Waals surface area (Å²) in [4.78, 5) is 10.8. The van der Waals surface area contributed by atoms with E-state index in [2.05, 4.69) is 41.9 Å². The van der Waals surface area contributed by atoms with Gasteiger partial charge in [0.05, 0.1) is 0 Å². The zero-order valence-corrected chi connectivity index (χ0v) is 10.2. The Labute approximate surface area is 93.7 Å². The maximum absolute atomic E-state index is 10.8. The normalized spacial score (nSPS) is 10.6. The molecule has 0 atom stereocenters. The smallest absolute Gasteiger partial charge is 0.202 e. The highest BCUT2D eigenvalue weighted by Gasteiger charge is 2.00. The van der Waals surface area contributed by atoms with E-state index in [1.165, 1.54) is 5.56 Å². The van der Waals surface area contributed by atoms with Gasteiger partial charge in [-0.2, -0.15) is 0 Å². The van der Waals surface area contributed by atoms with Crippen molar-refractivity contribution in [3.63, 3.8) is 0 Å². The summed E-state index contributed by atoms with van der Waals surface area (Å²) in [7, 11) is 0. The van der Waals surface area contributed by atoms with Crippen LogP contribution in [0.25, 0.3) is 0 Å². The van der Waals surface area contributed by atoms with Gasteiger partial charge in [0, 0.05) is 6.42 Å². The first-order valence-corrected chi connectivity index (χ1v) is 5.63. The summed E-state index contributed by atoms with van der Waals surface area (Å²) >= 11 is 2.93. The molecule has 0 fully saturated rings. The van der Waals surface area contributed by atoms with E-state index in [9.17, 15) is 4.79 Å². The summed E-state index contributed by atoms with van der Waals surface area (Å²) in [5, 5.41) is 0. The third-order valence-corrected chi connectivity index (χ3v) is 2.29. The second kappa shape index (κ2) is 5.30. The summed E-state index contributed by atoms with van der Waals surface area (Å²) in [5.41, 5.74) is 2.41. The molecule has 1 aromatic carbocycles. The second-order valence-corrected chi connectivity index (χ2v) is 4.83. The molecule has 14 heavy (non-hydrogen) atoms. The van der Waals surface area contributed by atoms with Crippen LogP contribution in [0, 0.1) is 5.92 Å². The fraction of sp³-hybridized carbons (Fsp3) is 0.417. The van der Waals surface area contributed by atoms with Gasteiger partial charge in [-0.3, -0.25) is 4.79 Å². The second-order valence-electron chi connectivity index (χ2n) is 3.95. The minimum Gasteiger partial charge on any atom is -0.286 e. The van der Waals surface area contributed by atoms with E-state index in [0.29, 0.717) is 12.3 Å². The molecule has 0 radical (unpaired) electrons. The van der Waals surface area contributed by atoms with Gasteiger partial charge in [-0.25, -0.2) is 0 Å². The van der Waals surface area contributed by atoms with E-state index >= 15 is 0 Å². The molecule has 0 amide bonds. The van der Waals surface area contributed by atoms with E-state index in [4.69, 9.17) is 0 Å². The lowest BCUT2D eigenvalue weighted by Crippen LogP contribution is -1.96. The number of rotatable bonds is 4. The van der Waals surface area contributed by atoms with Crippen molar-refractivity contribution in [2.24, 2.45) is 5.92 Å². The van der Waals surface area contributed by atoms with Gasteiger partial charge in [-0.15, -0.1) is 0 Å². The average molecular weight is 255 g/mol. The van der Waals surface area contributed by atoms with E-state index in [0.717, 1.165) is 12.0 Å². The van der Waals surface area contributed by atoms with Gasteiger partial charge in [0.2, 0.25) is 4.69 Å². The Bertz CT molecular complexity index is 301. The summed E-state index contributed by atoms with van der Waals surface area (Å²) < 4.78 is 0.0362. The number of hydrogen-bond acceptors (Lipinski definition) is 1. The molecule has 0 spiro atoms. The molecule has 1 aromatic rings. The summed E-state index contributed by atoms with van der Waals surface area (Å²) in [5.74, 6) is 0.679. The highest BCUT2D eigenvalue weighted by Crippen LogP contribution is 2.11. The van der Waals surface area contributed by atoms with Gasteiger partial charge in [0.25, 0.3) is 0 Å². The molecule has 0 aromatic heterocycles. The first-order valence-electron chi connectivity index (χ1n) is 4.84. The van der Waals surface area contributed by atoms with Crippen LogP contribution in [-0.4, -0.2) is 4.69 Å². The first kappa shape index (κ1) is 11.4. The molecule has 1 nitrogen and oxygen atoms in total. The molecular weight excluding hydrogens is 240 g/mol. The fourth-order valence-electron chi connectivity index (χ4n) is 1.43. The molecule has 2 heteroatoms. The van der Waals surface area contributed by atoms with Crippen LogP contribution < -0.4 is 0 Å². The Morgan fingerprint density at radius 3 is 2.14 bits per heavy atom. The Hall–Kier alpha value is -0.630. The summed E-state index contributed by atoms with van der Waals surface area (Å²) in [6, 6.07) is 8.25. The molecule has 76 valence electrons. The van der Waals surface area contributed by atoms with Crippen molar-refractivity contribution in [1.29, 1.82) is 0 Å². The minimum absolute atomic E-state index is 0.0362. The van der Waals surface area contributed by atoms with Crippen LogP contribution in [0.3, 0.4) is 0 Å². The van der Waals surface area contributed by atoms with Gasteiger partial charge in [-0.05, 0) is 39.4 Å². The van der Waals surface area contributed by atoms with Crippen molar-refractivity contribution < 1.29 is 4.79 Å². The van der Waals surface area contributed by atoms with Crippen molar-refractivity contribution >= 4 is 20.6 Å². The third-order valence-electron chi connectivity index (χ3n) is 2.01. The largest absolute Gasteiger partial charge is 0.286 e. The van der Waals surface area contributed by atoms with Crippen LogP contribution in [0.5, 0.6) is 0 Å². The summed E-state index contributed by atoms with van der Waals surface area (Å²) in [6.07, 6.45) is 1.57. The van der Waals surface area contributed by atoms with Gasteiger partial charge in [0.1, 0.15) is 0 Å². The molecule has 0 aliphatic carbocycles. The highest BCUT2D eigenvalue weighted by molar-refractivity contribution is 9.18. The average Bonchev–Trinajstić information content (AvgIpc) is 2.06. The number of carbonyl (C=O) groups excluding carboxylic acids is 1. The molecule has 0 unspecified atom stereocenters. The number of benzene rings is 1. The minimum atomic E-state index is 0.0362. The van der Waals surface area contributed by atoms with E-state index in [1.54, 1.807) is 0 Å². The van der Waals surface area contributed by atoms with Crippen LogP contribution in [0.4, 0.5) is 0 Å². The van der Waals surface area contributed by atoms with Gasteiger partial charge < -0.3 is 0 Å².